The molecule has 5 heteroatoms. The summed E-state index contributed by atoms with van der Waals surface area (Å²) in [4.78, 5) is 13.6. The Hall–Kier alpha value is -1.62. The molecule has 1 N–H and O–H groups in total. The van der Waals surface area contributed by atoms with Crippen molar-refractivity contribution in [3.05, 3.63) is 30.1 Å². The van der Waals surface area contributed by atoms with E-state index < -0.39 is 5.82 Å². The third-order valence-electron chi connectivity index (χ3n) is 3.03. The fourth-order valence-corrected chi connectivity index (χ4v) is 1.52. The van der Waals surface area contributed by atoms with Crippen molar-refractivity contribution in [1.29, 1.82) is 0 Å². The Kier molecular flexibility index (Phi) is 6.45. The van der Waals surface area contributed by atoms with E-state index in [2.05, 4.69) is 5.32 Å². The molecule has 20 heavy (non-hydrogen) atoms. The van der Waals surface area contributed by atoms with E-state index in [0.717, 1.165) is 0 Å². The van der Waals surface area contributed by atoms with Crippen molar-refractivity contribution in [3.63, 3.8) is 0 Å². The standard InChI is InChI=1S/C15H23FN2O2/c1-11(2)18(4)10-15(19)17-9-12(3)20-14-8-6-5-7-13(14)16/h5-8,11-12H,9-10H2,1-4H3,(H,17,19). The van der Waals surface area contributed by atoms with Crippen molar-refractivity contribution < 1.29 is 13.9 Å². The van der Waals surface area contributed by atoms with Crippen LogP contribution in [-0.2, 0) is 4.79 Å². The normalized spacial score (nSPS) is 12.6. The molecule has 0 bridgehead atoms. The second kappa shape index (κ2) is 7.85. The summed E-state index contributed by atoms with van der Waals surface area (Å²) in [6, 6.07) is 6.55. The van der Waals surface area contributed by atoms with E-state index in [0.29, 0.717) is 19.1 Å². The quantitative estimate of drug-likeness (QED) is 0.832. The molecular formula is C15H23FN2O2. The fourth-order valence-electron chi connectivity index (χ4n) is 1.52. The van der Waals surface area contributed by atoms with Gasteiger partial charge in [0, 0.05) is 6.04 Å². The SMILES string of the molecule is CC(CNC(=O)CN(C)C(C)C)Oc1ccccc1F. The van der Waals surface area contributed by atoms with Crippen LogP contribution in [0.5, 0.6) is 5.75 Å². The van der Waals surface area contributed by atoms with Crippen molar-refractivity contribution >= 4 is 5.91 Å². The van der Waals surface area contributed by atoms with E-state index in [4.69, 9.17) is 4.74 Å². The van der Waals surface area contributed by atoms with Crippen LogP contribution in [0.25, 0.3) is 0 Å². The lowest BCUT2D eigenvalue weighted by molar-refractivity contribution is -0.122. The van der Waals surface area contributed by atoms with Crippen molar-refractivity contribution in [1.82, 2.24) is 10.2 Å². The third-order valence-corrected chi connectivity index (χ3v) is 3.03. The lowest BCUT2D eigenvalue weighted by atomic mass is 10.3. The smallest absolute Gasteiger partial charge is 0.234 e. The molecule has 0 spiro atoms. The molecule has 0 radical (unpaired) electrons. The van der Waals surface area contributed by atoms with Crippen LogP contribution in [0.15, 0.2) is 24.3 Å². The predicted molar refractivity (Wildman–Crippen MR) is 77.3 cm³/mol. The Morgan fingerprint density at radius 2 is 2.00 bits per heavy atom. The van der Waals surface area contributed by atoms with Crippen LogP contribution < -0.4 is 10.1 Å². The van der Waals surface area contributed by atoms with Crippen molar-refractivity contribution in [2.45, 2.75) is 32.9 Å². The Balaban J connectivity index is 2.35. The molecule has 0 aliphatic carbocycles. The fraction of sp³-hybridized carbons (Fsp3) is 0.533. The molecule has 1 aromatic carbocycles. The number of carbonyl (C=O) groups is 1. The van der Waals surface area contributed by atoms with Crippen LogP contribution in [0.2, 0.25) is 0 Å². The second-order valence-electron chi connectivity index (χ2n) is 5.17. The van der Waals surface area contributed by atoms with Gasteiger partial charge in [0.05, 0.1) is 13.1 Å². The van der Waals surface area contributed by atoms with Gasteiger partial charge in [0.1, 0.15) is 6.10 Å². The number of amides is 1. The Labute approximate surface area is 119 Å². The molecule has 1 amide bonds. The maximum absolute atomic E-state index is 13.4. The van der Waals surface area contributed by atoms with Crippen LogP contribution >= 0.6 is 0 Å². The van der Waals surface area contributed by atoms with Gasteiger partial charge in [0.15, 0.2) is 11.6 Å². The number of rotatable bonds is 7. The zero-order valence-corrected chi connectivity index (χ0v) is 12.5. The summed E-state index contributed by atoms with van der Waals surface area (Å²) in [5.41, 5.74) is 0. The lowest BCUT2D eigenvalue weighted by Gasteiger charge is -2.21. The molecule has 0 aliphatic rings. The summed E-state index contributed by atoms with van der Waals surface area (Å²) in [5, 5.41) is 2.78. The van der Waals surface area contributed by atoms with Crippen LogP contribution in [-0.4, -0.2) is 43.1 Å². The van der Waals surface area contributed by atoms with Gasteiger partial charge >= 0.3 is 0 Å². The second-order valence-corrected chi connectivity index (χ2v) is 5.17. The van der Waals surface area contributed by atoms with Gasteiger partial charge in [-0.25, -0.2) is 4.39 Å². The topological polar surface area (TPSA) is 41.6 Å². The summed E-state index contributed by atoms with van der Waals surface area (Å²) in [7, 11) is 1.89. The number of benzene rings is 1. The minimum Gasteiger partial charge on any atom is -0.486 e. The Morgan fingerprint density at radius 3 is 2.60 bits per heavy atom. The van der Waals surface area contributed by atoms with Crippen LogP contribution in [0.1, 0.15) is 20.8 Å². The highest BCUT2D eigenvalue weighted by Gasteiger charge is 2.12. The van der Waals surface area contributed by atoms with E-state index in [9.17, 15) is 9.18 Å². The van der Waals surface area contributed by atoms with Crippen LogP contribution in [0.3, 0.4) is 0 Å². The van der Waals surface area contributed by atoms with E-state index in [1.165, 1.54) is 6.07 Å². The molecule has 4 nitrogen and oxygen atoms in total. The molecule has 0 heterocycles. The number of halogens is 1. The highest BCUT2D eigenvalue weighted by molar-refractivity contribution is 5.78. The van der Waals surface area contributed by atoms with Gasteiger partial charge in [-0.05, 0) is 40.0 Å². The summed E-state index contributed by atoms with van der Waals surface area (Å²) in [5.74, 6) is -0.260. The highest BCUT2D eigenvalue weighted by atomic mass is 19.1. The van der Waals surface area contributed by atoms with E-state index in [1.807, 2.05) is 25.8 Å². The van der Waals surface area contributed by atoms with Crippen molar-refractivity contribution in [3.8, 4) is 5.75 Å². The largest absolute Gasteiger partial charge is 0.486 e. The summed E-state index contributed by atoms with van der Waals surface area (Å²) in [6.07, 6.45) is -0.291. The third kappa shape index (κ3) is 5.57. The minimum atomic E-state index is -0.398. The molecule has 1 rings (SSSR count). The predicted octanol–water partition coefficient (Wildman–Crippen LogP) is 2.05. The molecule has 0 aliphatic heterocycles. The highest BCUT2D eigenvalue weighted by Crippen LogP contribution is 2.16. The number of para-hydroxylation sites is 1. The summed E-state index contributed by atoms with van der Waals surface area (Å²) >= 11 is 0. The minimum absolute atomic E-state index is 0.0646. The molecule has 0 aromatic heterocycles. The van der Waals surface area contributed by atoms with Crippen molar-refractivity contribution in [2.75, 3.05) is 20.1 Å². The van der Waals surface area contributed by atoms with Gasteiger partial charge in [-0.1, -0.05) is 12.1 Å². The van der Waals surface area contributed by atoms with Crippen molar-refractivity contribution in [2.24, 2.45) is 0 Å². The summed E-state index contributed by atoms with van der Waals surface area (Å²) in [6.45, 7) is 6.52. The maximum atomic E-state index is 13.4. The Bertz CT molecular complexity index is 438. The first-order valence-corrected chi connectivity index (χ1v) is 6.78. The van der Waals surface area contributed by atoms with Gasteiger partial charge in [0.2, 0.25) is 5.91 Å². The molecule has 0 saturated heterocycles. The van der Waals surface area contributed by atoms with Crippen LogP contribution in [0, 0.1) is 5.82 Å². The molecule has 1 unspecified atom stereocenters. The van der Waals surface area contributed by atoms with Gasteiger partial charge in [0.25, 0.3) is 0 Å². The molecule has 1 atom stereocenters. The van der Waals surface area contributed by atoms with E-state index in [-0.39, 0.29) is 17.8 Å². The number of carbonyl (C=O) groups excluding carboxylic acids is 1. The average molecular weight is 282 g/mol. The monoisotopic (exact) mass is 282 g/mol. The maximum Gasteiger partial charge on any atom is 0.234 e. The van der Waals surface area contributed by atoms with Crippen LogP contribution in [0.4, 0.5) is 4.39 Å². The number of hydrogen-bond donors (Lipinski definition) is 1. The molecule has 0 fully saturated rings. The van der Waals surface area contributed by atoms with Gasteiger partial charge in [-0.3, -0.25) is 9.69 Å². The van der Waals surface area contributed by atoms with Gasteiger partial charge < -0.3 is 10.1 Å². The first-order valence-electron chi connectivity index (χ1n) is 6.78. The number of hydrogen-bond acceptors (Lipinski definition) is 3. The van der Waals surface area contributed by atoms with Gasteiger partial charge in [-0.2, -0.15) is 0 Å². The first-order chi connectivity index (χ1) is 9.40. The average Bonchev–Trinajstić information content (AvgIpc) is 2.39. The molecular weight excluding hydrogens is 259 g/mol. The number of ether oxygens (including phenoxy) is 1. The number of nitrogens with one attached hydrogen (secondary N) is 1. The van der Waals surface area contributed by atoms with E-state index in [1.54, 1.807) is 25.1 Å². The number of likely N-dealkylation sites (N-methyl/N-ethyl adjacent to an activating group) is 1. The zero-order chi connectivity index (χ0) is 15.1. The summed E-state index contributed by atoms with van der Waals surface area (Å²) < 4.78 is 18.8. The molecule has 0 saturated carbocycles. The molecule has 1 aromatic rings. The first kappa shape index (κ1) is 16.4. The lowest BCUT2D eigenvalue weighted by Crippen LogP contribution is -2.41. The zero-order valence-electron chi connectivity index (χ0n) is 12.5. The van der Waals surface area contributed by atoms with Gasteiger partial charge in [-0.15, -0.1) is 0 Å². The Morgan fingerprint density at radius 1 is 1.35 bits per heavy atom. The molecule has 112 valence electrons. The van der Waals surface area contributed by atoms with E-state index >= 15 is 0 Å². The number of nitrogens with zero attached hydrogens (tertiary/aromatic N) is 1.